The maximum Gasteiger partial charge on any atom is 0.241 e. The van der Waals surface area contributed by atoms with Crippen LogP contribution in [-0.4, -0.2) is 76.2 Å². The molecule has 2 aliphatic heterocycles. The van der Waals surface area contributed by atoms with E-state index in [1.807, 2.05) is 18.2 Å². The fourth-order valence-electron chi connectivity index (χ4n) is 4.40. The first-order valence-corrected chi connectivity index (χ1v) is 9.70. The Bertz CT molecular complexity index is 886. The topological polar surface area (TPSA) is 112 Å². The van der Waals surface area contributed by atoms with Gasteiger partial charge in [-0.25, -0.2) is 0 Å². The van der Waals surface area contributed by atoms with Gasteiger partial charge in [-0.1, -0.05) is 5.16 Å². The van der Waals surface area contributed by atoms with E-state index in [-0.39, 0.29) is 36.3 Å². The molecule has 2 fully saturated rings. The number of nitrogens with one attached hydrogen (secondary N) is 1. The molecule has 9 nitrogen and oxygen atoms in total. The smallest absolute Gasteiger partial charge is 0.241 e. The number of hydrogen-bond acceptors (Lipinski definition) is 7. The molecule has 2 atom stereocenters. The average Bonchev–Trinajstić information content (AvgIpc) is 3.40. The Morgan fingerprint density at radius 3 is 2.93 bits per heavy atom. The lowest BCUT2D eigenvalue weighted by molar-refractivity contribution is -0.132. The van der Waals surface area contributed by atoms with E-state index in [4.69, 9.17) is 4.52 Å². The first kappa shape index (κ1) is 19.5. The van der Waals surface area contributed by atoms with Crippen LogP contribution in [0, 0.1) is 11.3 Å². The summed E-state index contributed by atoms with van der Waals surface area (Å²) in [5.41, 5.74) is 1.32. The summed E-state index contributed by atoms with van der Waals surface area (Å²) in [6, 6.07) is 5.71. The summed E-state index contributed by atoms with van der Waals surface area (Å²) in [4.78, 5) is 31.5. The highest BCUT2D eigenvalue weighted by molar-refractivity contribution is 5.84. The van der Waals surface area contributed by atoms with Crippen LogP contribution >= 0.6 is 0 Å². The van der Waals surface area contributed by atoms with Gasteiger partial charge in [0.25, 0.3) is 0 Å². The van der Waals surface area contributed by atoms with Gasteiger partial charge in [0.2, 0.25) is 11.8 Å². The summed E-state index contributed by atoms with van der Waals surface area (Å²) in [5, 5.41) is 16.8. The fourth-order valence-corrected chi connectivity index (χ4v) is 4.40. The van der Waals surface area contributed by atoms with E-state index in [1.54, 1.807) is 17.3 Å². The van der Waals surface area contributed by atoms with Crippen molar-refractivity contribution in [1.29, 1.82) is 0 Å². The SMILES string of the molecule is CC(=O)NCC(=O)N1CC2CN(Cc3cc(-c4cccnc4)no3)CC2(CO)C1. The van der Waals surface area contributed by atoms with E-state index in [9.17, 15) is 14.7 Å². The minimum Gasteiger partial charge on any atom is -0.396 e. The largest absolute Gasteiger partial charge is 0.396 e. The van der Waals surface area contributed by atoms with Crippen LogP contribution < -0.4 is 5.32 Å². The van der Waals surface area contributed by atoms with Crippen molar-refractivity contribution in [2.24, 2.45) is 11.3 Å². The van der Waals surface area contributed by atoms with Gasteiger partial charge in [-0.15, -0.1) is 0 Å². The molecule has 2 aromatic rings. The molecule has 2 N–H and O–H groups in total. The molecule has 0 aromatic carbocycles. The van der Waals surface area contributed by atoms with Gasteiger partial charge in [0.05, 0.1) is 19.7 Å². The number of hydrogen-bond donors (Lipinski definition) is 2. The minimum absolute atomic E-state index is 0.00244. The van der Waals surface area contributed by atoms with Crippen molar-refractivity contribution in [3.05, 3.63) is 36.4 Å². The molecular weight excluding hydrogens is 374 g/mol. The van der Waals surface area contributed by atoms with Gasteiger partial charge in [0, 0.05) is 62.5 Å². The number of carbonyl (C=O) groups is 2. The van der Waals surface area contributed by atoms with E-state index in [0.717, 1.165) is 23.6 Å². The number of rotatable bonds is 6. The second-order valence-electron chi connectivity index (χ2n) is 7.99. The molecule has 9 heteroatoms. The Kier molecular flexibility index (Phi) is 5.33. The Morgan fingerprint density at radius 1 is 1.38 bits per heavy atom. The first-order chi connectivity index (χ1) is 14.0. The van der Waals surface area contributed by atoms with Crippen LogP contribution in [-0.2, 0) is 16.1 Å². The zero-order chi connectivity index (χ0) is 20.4. The number of aliphatic hydroxyl groups excluding tert-OH is 1. The van der Waals surface area contributed by atoms with Crippen LogP contribution in [0.25, 0.3) is 11.3 Å². The van der Waals surface area contributed by atoms with E-state index < -0.39 is 0 Å². The number of likely N-dealkylation sites (tertiary alicyclic amines) is 2. The number of amides is 2. The number of aliphatic hydroxyl groups is 1. The lowest BCUT2D eigenvalue weighted by atomic mass is 9.82. The van der Waals surface area contributed by atoms with Gasteiger partial charge in [-0.3, -0.25) is 19.5 Å². The number of aromatic nitrogens is 2. The number of carbonyl (C=O) groups excluding carboxylic acids is 2. The van der Waals surface area contributed by atoms with Crippen molar-refractivity contribution in [3.63, 3.8) is 0 Å². The normalized spacial score (nSPS) is 23.9. The van der Waals surface area contributed by atoms with E-state index >= 15 is 0 Å². The highest BCUT2D eigenvalue weighted by atomic mass is 16.5. The van der Waals surface area contributed by atoms with E-state index in [2.05, 4.69) is 20.4 Å². The van der Waals surface area contributed by atoms with Crippen molar-refractivity contribution < 1.29 is 19.2 Å². The molecule has 29 heavy (non-hydrogen) atoms. The number of nitrogens with zero attached hydrogens (tertiary/aromatic N) is 4. The summed E-state index contributed by atoms with van der Waals surface area (Å²) in [6.07, 6.45) is 3.46. The summed E-state index contributed by atoms with van der Waals surface area (Å²) in [6.45, 7) is 4.56. The fraction of sp³-hybridized carbons (Fsp3) is 0.500. The van der Waals surface area contributed by atoms with Gasteiger partial charge in [0.15, 0.2) is 5.76 Å². The second kappa shape index (κ2) is 7.92. The zero-order valence-electron chi connectivity index (χ0n) is 16.4. The third-order valence-corrected chi connectivity index (χ3v) is 5.88. The Labute approximate surface area is 168 Å². The standard InChI is InChI=1S/C20H25N5O4/c1-14(27)22-7-19(28)25-9-16-8-24(11-20(16,12-25)13-26)10-17-5-18(23-29-17)15-3-2-4-21-6-15/h2-6,16,26H,7-13H2,1H3,(H,22,27). The molecule has 2 saturated heterocycles. The second-order valence-corrected chi connectivity index (χ2v) is 7.99. The van der Waals surface area contributed by atoms with Crippen LogP contribution in [0.15, 0.2) is 35.1 Å². The van der Waals surface area contributed by atoms with Gasteiger partial charge in [-0.05, 0) is 18.1 Å². The predicted molar refractivity (Wildman–Crippen MR) is 103 cm³/mol. The molecule has 2 aliphatic rings. The molecule has 0 spiro atoms. The van der Waals surface area contributed by atoms with Gasteiger partial charge < -0.3 is 19.8 Å². The van der Waals surface area contributed by atoms with Crippen molar-refractivity contribution >= 4 is 11.8 Å². The quantitative estimate of drug-likeness (QED) is 0.710. The number of pyridine rings is 1. The average molecular weight is 399 g/mol. The first-order valence-electron chi connectivity index (χ1n) is 9.70. The third-order valence-electron chi connectivity index (χ3n) is 5.88. The van der Waals surface area contributed by atoms with Crippen molar-refractivity contribution in [2.75, 3.05) is 39.3 Å². The summed E-state index contributed by atoms with van der Waals surface area (Å²) < 4.78 is 5.50. The van der Waals surface area contributed by atoms with Crippen molar-refractivity contribution in [2.45, 2.75) is 13.5 Å². The predicted octanol–water partition coefficient (Wildman–Crippen LogP) is 0.125. The molecule has 0 bridgehead atoms. The summed E-state index contributed by atoms with van der Waals surface area (Å²) >= 11 is 0. The van der Waals surface area contributed by atoms with Crippen LogP contribution in [0.2, 0.25) is 0 Å². The molecule has 2 amide bonds. The van der Waals surface area contributed by atoms with Crippen molar-refractivity contribution in [1.82, 2.24) is 25.3 Å². The highest BCUT2D eigenvalue weighted by Gasteiger charge is 2.53. The maximum atomic E-state index is 12.3. The molecule has 154 valence electrons. The maximum absolute atomic E-state index is 12.3. The van der Waals surface area contributed by atoms with Crippen LogP contribution in [0.1, 0.15) is 12.7 Å². The molecule has 4 rings (SSSR count). The van der Waals surface area contributed by atoms with Crippen LogP contribution in [0.4, 0.5) is 0 Å². The molecular formula is C20H25N5O4. The van der Waals surface area contributed by atoms with Crippen LogP contribution in [0.3, 0.4) is 0 Å². The monoisotopic (exact) mass is 399 g/mol. The lowest BCUT2D eigenvalue weighted by Gasteiger charge is -2.27. The van der Waals surface area contributed by atoms with Crippen LogP contribution in [0.5, 0.6) is 0 Å². The molecule has 4 heterocycles. The summed E-state index contributed by atoms with van der Waals surface area (Å²) in [7, 11) is 0. The Morgan fingerprint density at radius 2 is 2.24 bits per heavy atom. The zero-order valence-corrected chi connectivity index (χ0v) is 16.4. The number of fused-ring (bicyclic) bond motifs is 1. The van der Waals surface area contributed by atoms with Crippen molar-refractivity contribution in [3.8, 4) is 11.3 Å². The lowest BCUT2D eigenvalue weighted by Crippen LogP contribution is -2.42. The van der Waals surface area contributed by atoms with Gasteiger partial charge >= 0.3 is 0 Å². The molecule has 0 saturated carbocycles. The summed E-state index contributed by atoms with van der Waals surface area (Å²) in [5.74, 6) is 0.619. The third kappa shape index (κ3) is 4.01. The Hall–Kier alpha value is -2.78. The van der Waals surface area contributed by atoms with Gasteiger partial charge in [-0.2, -0.15) is 0 Å². The van der Waals surface area contributed by atoms with E-state index in [0.29, 0.717) is 26.2 Å². The molecule has 0 aliphatic carbocycles. The minimum atomic E-state index is -0.335. The molecule has 0 radical (unpaired) electrons. The van der Waals surface area contributed by atoms with Gasteiger partial charge in [0.1, 0.15) is 5.69 Å². The Balaban J connectivity index is 1.37. The molecule has 2 unspecified atom stereocenters. The highest BCUT2D eigenvalue weighted by Crippen LogP contribution is 2.42. The van der Waals surface area contributed by atoms with E-state index in [1.165, 1.54) is 6.92 Å². The molecule has 2 aromatic heterocycles.